The summed E-state index contributed by atoms with van der Waals surface area (Å²) in [7, 11) is 0. The molecule has 19 atom stereocenters. The maximum absolute atomic E-state index is 15.4. The van der Waals surface area contributed by atoms with Gasteiger partial charge in [-0.3, -0.25) is 4.79 Å². The van der Waals surface area contributed by atoms with Gasteiger partial charge < -0.3 is 56.8 Å². The summed E-state index contributed by atoms with van der Waals surface area (Å²) in [5.74, 6) is -1.41. The van der Waals surface area contributed by atoms with E-state index in [2.05, 4.69) is 29.7 Å². The SMILES string of the molecule is CCCC1CCC2OC3C(CCCCC3(O)C(C)(O)C3CCC4(O)C5=C(NCC(C)O)C(=O)C6CC(O)C(O)CC67CC(C6=CNC(N)C=C6)C=CC(CC34CCO)C57)C2CC1. The summed E-state index contributed by atoms with van der Waals surface area (Å²) in [4.78, 5) is 15.4. The summed E-state index contributed by atoms with van der Waals surface area (Å²) in [6.07, 6.45) is 17.8. The van der Waals surface area contributed by atoms with E-state index in [1.807, 2.05) is 18.4 Å². The van der Waals surface area contributed by atoms with E-state index >= 15 is 4.79 Å². The zero-order chi connectivity index (χ0) is 44.0. The van der Waals surface area contributed by atoms with Gasteiger partial charge >= 0.3 is 0 Å². The number of ketones is 1. The van der Waals surface area contributed by atoms with Gasteiger partial charge in [0.05, 0.1) is 53.6 Å². The molecule has 0 radical (unpaired) electrons. The minimum absolute atomic E-state index is 0.0354. The van der Waals surface area contributed by atoms with Crippen LogP contribution >= 0.6 is 0 Å². The lowest BCUT2D eigenvalue weighted by Gasteiger charge is -2.65. The summed E-state index contributed by atoms with van der Waals surface area (Å²) >= 11 is 0. The quantitative estimate of drug-likeness (QED) is 0.141. The van der Waals surface area contributed by atoms with Crippen molar-refractivity contribution in [2.45, 2.75) is 183 Å². The van der Waals surface area contributed by atoms with E-state index < -0.39 is 69.8 Å². The Morgan fingerprint density at radius 2 is 1.79 bits per heavy atom. The van der Waals surface area contributed by atoms with E-state index in [0.717, 1.165) is 50.5 Å². The van der Waals surface area contributed by atoms with Crippen molar-refractivity contribution < 1.29 is 45.3 Å². The summed E-state index contributed by atoms with van der Waals surface area (Å²) < 4.78 is 7.09. The third kappa shape index (κ3) is 6.80. The minimum Gasteiger partial charge on any atom is -0.396 e. The lowest BCUT2D eigenvalue weighted by atomic mass is 9.40. The van der Waals surface area contributed by atoms with Gasteiger partial charge in [0, 0.05) is 36.6 Å². The zero-order valence-corrected chi connectivity index (χ0v) is 37.4. The second-order valence-corrected chi connectivity index (χ2v) is 22.1. The predicted molar refractivity (Wildman–Crippen MR) is 234 cm³/mol. The number of rotatable bonds is 10. The highest BCUT2D eigenvalue weighted by molar-refractivity contribution is 6.00. The maximum atomic E-state index is 15.4. The maximum Gasteiger partial charge on any atom is 0.182 e. The third-order valence-electron chi connectivity index (χ3n) is 19.0. The Morgan fingerprint density at radius 3 is 2.52 bits per heavy atom. The molecule has 5 saturated carbocycles. The number of Topliss-reactive ketones (excluding diaryl/α,β-unsaturated/α-hetero) is 1. The Bertz CT molecular complexity index is 1830. The van der Waals surface area contributed by atoms with Crippen molar-refractivity contribution in [2.75, 3.05) is 13.2 Å². The van der Waals surface area contributed by atoms with Gasteiger partial charge in [0.2, 0.25) is 0 Å². The lowest BCUT2D eigenvalue weighted by molar-refractivity contribution is -0.258. The monoisotopic (exact) mass is 864 g/mol. The minimum atomic E-state index is -1.75. The molecule has 0 aromatic rings. The Labute approximate surface area is 368 Å². The van der Waals surface area contributed by atoms with Gasteiger partial charge in [0.15, 0.2) is 5.78 Å². The van der Waals surface area contributed by atoms with E-state index in [1.54, 1.807) is 13.8 Å². The molecular formula is C50H77N3O9. The number of aliphatic hydroxyl groups excluding tert-OH is 4. The lowest BCUT2D eigenvalue weighted by Crippen LogP contribution is -2.70. The molecule has 6 fully saturated rings. The van der Waals surface area contributed by atoms with Crippen LogP contribution in [0.15, 0.2) is 47.3 Å². The van der Waals surface area contributed by atoms with Crippen molar-refractivity contribution in [2.24, 2.45) is 63.9 Å². The van der Waals surface area contributed by atoms with Crippen LogP contribution in [-0.2, 0) is 9.53 Å². The molecule has 19 unspecified atom stereocenters. The van der Waals surface area contributed by atoms with Gasteiger partial charge in [-0.15, -0.1) is 0 Å². The molecule has 11 N–H and O–H groups in total. The Hall–Kier alpha value is -2.13. The number of allylic oxidation sites excluding steroid dienone is 5. The highest BCUT2D eigenvalue weighted by Gasteiger charge is 2.76. The topological polar surface area (TPSA) is 218 Å². The molecule has 9 aliphatic rings. The molecular weight excluding hydrogens is 787 g/mol. The van der Waals surface area contributed by atoms with Crippen LogP contribution in [0.4, 0.5) is 0 Å². The largest absolute Gasteiger partial charge is 0.396 e. The predicted octanol–water partition coefficient (Wildman–Crippen LogP) is 4.01. The van der Waals surface area contributed by atoms with Crippen molar-refractivity contribution in [1.82, 2.24) is 10.6 Å². The molecule has 346 valence electrons. The first-order valence-corrected chi connectivity index (χ1v) is 24.6. The fraction of sp³-hybridized carbons (Fsp3) is 0.820. The van der Waals surface area contributed by atoms with Crippen LogP contribution in [-0.4, -0.2) is 108 Å². The van der Waals surface area contributed by atoms with Crippen LogP contribution < -0.4 is 16.4 Å². The second-order valence-electron chi connectivity index (χ2n) is 22.1. The number of carbonyl (C=O) groups excluding carboxylic acids is 1. The highest BCUT2D eigenvalue weighted by Crippen LogP contribution is 2.74. The summed E-state index contributed by atoms with van der Waals surface area (Å²) in [5.41, 5.74) is 0.806. The van der Waals surface area contributed by atoms with E-state index in [-0.39, 0.29) is 80.3 Å². The van der Waals surface area contributed by atoms with Crippen molar-refractivity contribution in [3.63, 3.8) is 0 Å². The zero-order valence-electron chi connectivity index (χ0n) is 37.4. The second kappa shape index (κ2) is 16.6. The first kappa shape index (κ1) is 45.0. The standard InChI is InChI=1S/C50H77N3O9/c1-4-7-29-9-14-33-34-8-5-6-18-50(61,45(34)62-38(33)15-10-29)46(3,59)39-17-19-49(60)42-41-31(24-48(39,49)20-21-54)12-11-30(32-13-16-40(51)52-27-32)23-47(41)25-37(57)36(56)22-35(47)44(58)43(42)53-26-28(2)55/h11-13,16,27-31,33-41,45,52-57,59-61H,4-10,14-15,17-26,51H2,1-3H3. The molecule has 2 aliphatic heterocycles. The average Bonchev–Trinajstić information content (AvgIpc) is 3.49. The van der Waals surface area contributed by atoms with Crippen LogP contribution in [0.3, 0.4) is 0 Å². The average molecular weight is 864 g/mol. The molecule has 62 heavy (non-hydrogen) atoms. The van der Waals surface area contributed by atoms with Crippen LogP contribution in [0.5, 0.6) is 0 Å². The van der Waals surface area contributed by atoms with Gasteiger partial charge in [-0.05, 0) is 149 Å². The fourth-order valence-corrected chi connectivity index (χ4v) is 16.3. The van der Waals surface area contributed by atoms with Crippen molar-refractivity contribution in [1.29, 1.82) is 0 Å². The van der Waals surface area contributed by atoms with E-state index in [9.17, 15) is 35.7 Å². The Morgan fingerprint density at radius 1 is 1.00 bits per heavy atom. The first-order chi connectivity index (χ1) is 29.5. The number of carbonyl (C=O) groups is 1. The molecule has 0 aromatic carbocycles. The van der Waals surface area contributed by atoms with Crippen LogP contribution in [0.2, 0.25) is 0 Å². The molecule has 7 aliphatic carbocycles. The third-order valence-corrected chi connectivity index (χ3v) is 19.0. The van der Waals surface area contributed by atoms with Crippen molar-refractivity contribution in [3.8, 4) is 0 Å². The van der Waals surface area contributed by atoms with Gasteiger partial charge in [0.25, 0.3) is 0 Å². The first-order valence-electron chi connectivity index (χ1n) is 24.6. The number of fused-ring (bicyclic) bond motifs is 5. The molecule has 9 rings (SSSR count). The van der Waals surface area contributed by atoms with E-state index in [4.69, 9.17) is 10.5 Å². The summed E-state index contributed by atoms with van der Waals surface area (Å²) in [6.45, 7) is 5.45. The van der Waals surface area contributed by atoms with E-state index in [1.165, 1.54) is 12.8 Å². The molecule has 12 nitrogen and oxygen atoms in total. The Kier molecular flexibility index (Phi) is 12.1. The normalized spacial score (nSPS) is 48.8. The number of ether oxygens (including phenoxy) is 1. The van der Waals surface area contributed by atoms with Gasteiger partial charge in [0.1, 0.15) is 5.60 Å². The number of hydrogen-bond acceptors (Lipinski definition) is 12. The highest BCUT2D eigenvalue weighted by atomic mass is 16.5. The van der Waals surface area contributed by atoms with Crippen LogP contribution in [0.1, 0.15) is 130 Å². The van der Waals surface area contributed by atoms with Gasteiger partial charge in [-0.2, -0.15) is 0 Å². The van der Waals surface area contributed by atoms with Crippen molar-refractivity contribution >= 4 is 5.78 Å². The fourth-order valence-electron chi connectivity index (χ4n) is 16.3. The Balaban J connectivity index is 1.18. The molecule has 12 heteroatoms. The van der Waals surface area contributed by atoms with Crippen LogP contribution in [0, 0.1) is 58.2 Å². The number of nitrogens with one attached hydrogen (secondary N) is 2. The van der Waals surface area contributed by atoms with Gasteiger partial charge in [-0.1, -0.05) is 57.3 Å². The molecule has 1 spiro atoms. The van der Waals surface area contributed by atoms with Gasteiger partial charge in [-0.25, -0.2) is 0 Å². The summed E-state index contributed by atoms with van der Waals surface area (Å²) in [5, 5.41) is 92.4. The summed E-state index contributed by atoms with van der Waals surface area (Å²) in [6, 6.07) is 0. The smallest absolute Gasteiger partial charge is 0.182 e. The number of dihydropyridines is 1. The van der Waals surface area contributed by atoms with E-state index in [0.29, 0.717) is 43.1 Å². The molecule has 0 aromatic heterocycles. The molecule has 2 heterocycles. The number of aliphatic hydroxyl groups is 7. The molecule has 1 saturated heterocycles. The molecule has 0 amide bonds. The molecule has 0 bridgehead atoms. The number of hydrogen-bond donors (Lipinski definition) is 10. The van der Waals surface area contributed by atoms with Crippen LogP contribution in [0.25, 0.3) is 0 Å². The number of nitrogens with two attached hydrogens (primary N) is 1. The van der Waals surface area contributed by atoms with Crippen molar-refractivity contribution in [3.05, 3.63) is 47.3 Å².